The highest BCUT2D eigenvalue weighted by atomic mass is 16.5. The van der Waals surface area contributed by atoms with Crippen LogP contribution in [0.15, 0.2) is 30.5 Å². The molecule has 1 aromatic rings. The van der Waals surface area contributed by atoms with Crippen molar-refractivity contribution in [2.45, 2.75) is 13.0 Å². The second kappa shape index (κ2) is 5.38. The van der Waals surface area contributed by atoms with Crippen molar-refractivity contribution in [3.8, 4) is 6.07 Å². The van der Waals surface area contributed by atoms with Gasteiger partial charge in [-0.25, -0.2) is 5.48 Å². The summed E-state index contributed by atoms with van der Waals surface area (Å²) in [7, 11) is 0. The van der Waals surface area contributed by atoms with Crippen molar-refractivity contribution in [3.05, 3.63) is 46.6 Å². The monoisotopic (exact) mass is 255 g/mol. The fraction of sp³-hybridized carbons (Fsp3) is 0.143. The Morgan fingerprint density at radius 2 is 2.42 bits per heavy atom. The summed E-state index contributed by atoms with van der Waals surface area (Å²) in [5.41, 5.74) is 2.55. The summed E-state index contributed by atoms with van der Waals surface area (Å²) in [6.07, 6.45) is 9.23. The van der Waals surface area contributed by atoms with Crippen LogP contribution in [0.5, 0.6) is 0 Å². The maximum atomic E-state index is 11.5. The molecule has 1 heterocycles. The van der Waals surface area contributed by atoms with Gasteiger partial charge in [-0.2, -0.15) is 5.26 Å². The van der Waals surface area contributed by atoms with Gasteiger partial charge < -0.3 is 4.57 Å². The molecule has 19 heavy (non-hydrogen) atoms. The lowest BCUT2D eigenvalue weighted by Gasteiger charge is -2.00. The fourth-order valence-corrected chi connectivity index (χ4v) is 2.07. The molecule has 1 aromatic heterocycles. The van der Waals surface area contributed by atoms with Crippen LogP contribution in [-0.2, 0) is 11.3 Å². The van der Waals surface area contributed by atoms with Gasteiger partial charge in [-0.3, -0.25) is 10.0 Å². The van der Waals surface area contributed by atoms with Crippen LogP contribution < -0.4 is 16.0 Å². The highest BCUT2D eigenvalue weighted by Crippen LogP contribution is 2.03. The number of carbonyl (C=O) groups is 1. The molecule has 96 valence electrons. The molecular formula is C14H13N3O2. The van der Waals surface area contributed by atoms with Crippen molar-refractivity contribution < 1.29 is 10.0 Å². The van der Waals surface area contributed by atoms with Crippen LogP contribution in [0.1, 0.15) is 12.0 Å². The van der Waals surface area contributed by atoms with Crippen molar-refractivity contribution in [1.29, 1.82) is 5.26 Å². The van der Waals surface area contributed by atoms with E-state index in [-0.39, 0.29) is 0 Å². The second-order valence-corrected chi connectivity index (χ2v) is 4.08. The molecule has 0 radical (unpaired) electrons. The molecular weight excluding hydrogens is 242 g/mol. The van der Waals surface area contributed by atoms with Crippen molar-refractivity contribution in [3.63, 3.8) is 0 Å². The van der Waals surface area contributed by atoms with E-state index in [1.165, 1.54) is 0 Å². The number of hydrogen-bond donors (Lipinski definition) is 2. The Labute approximate surface area is 110 Å². The van der Waals surface area contributed by atoms with Crippen molar-refractivity contribution >= 4 is 18.1 Å². The molecule has 2 rings (SSSR count). The number of aromatic nitrogens is 1. The highest BCUT2D eigenvalue weighted by molar-refractivity contribution is 6.00. The van der Waals surface area contributed by atoms with Gasteiger partial charge in [-0.15, -0.1) is 6.58 Å². The minimum absolute atomic E-state index is 0.366. The molecule has 1 aliphatic rings. The van der Waals surface area contributed by atoms with E-state index in [1.54, 1.807) is 29.9 Å². The molecule has 0 aliphatic heterocycles. The van der Waals surface area contributed by atoms with Crippen molar-refractivity contribution in [2.75, 3.05) is 0 Å². The lowest BCUT2D eigenvalue weighted by Crippen LogP contribution is -2.31. The van der Waals surface area contributed by atoms with Gasteiger partial charge in [0.2, 0.25) is 0 Å². The predicted octanol–water partition coefficient (Wildman–Crippen LogP) is -0.0577. The zero-order valence-corrected chi connectivity index (χ0v) is 10.3. The molecule has 0 saturated carbocycles. The van der Waals surface area contributed by atoms with Crippen molar-refractivity contribution in [2.24, 2.45) is 0 Å². The van der Waals surface area contributed by atoms with Crippen LogP contribution in [0, 0.1) is 11.3 Å². The van der Waals surface area contributed by atoms with E-state index in [0.29, 0.717) is 24.1 Å². The summed E-state index contributed by atoms with van der Waals surface area (Å²) >= 11 is 0. The minimum atomic E-state index is -0.564. The maximum Gasteiger partial charge on any atom is 0.274 e. The molecule has 1 amide bonds. The van der Waals surface area contributed by atoms with Gasteiger partial charge >= 0.3 is 0 Å². The highest BCUT2D eigenvalue weighted by Gasteiger charge is 2.10. The average molecular weight is 255 g/mol. The molecule has 0 aromatic carbocycles. The maximum absolute atomic E-state index is 11.5. The Hall–Kier alpha value is -2.58. The number of hydrogen-bond acceptors (Lipinski definition) is 3. The number of carbonyl (C=O) groups excluding carboxylic acids is 1. The van der Waals surface area contributed by atoms with Gasteiger partial charge in [0.1, 0.15) is 6.07 Å². The Balaban J connectivity index is 2.69. The van der Waals surface area contributed by atoms with Gasteiger partial charge in [0, 0.05) is 23.5 Å². The Morgan fingerprint density at radius 3 is 3.05 bits per heavy atom. The summed E-state index contributed by atoms with van der Waals surface area (Å²) in [4.78, 5) is 11.5. The first-order valence-corrected chi connectivity index (χ1v) is 5.78. The summed E-state index contributed by atoms with van der Waals surface area (Å²) in [6, 6.07) is 2.14. The third-order valence-corrected chi connectivity index (χ3v) is 2.92. The molecule has 0 bridgehead atoms. The van der Waals surface area contributed by atoms with Crippen LogP contribution in [0.4, 0.5) is 0 Å². The largest absolute Gasteiger partial charge is 0.342 e. The standard InChI is InChI=1S/C14H13N3O2/c1-2-6-17-9-11(8-15)12-5-3-4-10(7-13(12)17)14(18)16-19/h2,4-5,7,9,19H,1,3,6H2,(H,16,18). The summed E-state index contributed by atoms with van der Waals surface area (Å²) < 4.78 is 1.85. The Morgan fingerprint density at radius 1 is 1.63 bits per heavy atom. The number of hydroxylamine groups is 1. The molecule has 5 nitrogen and oxygen atoms in total. The molecule has 1 aliphatic carbocycles. The number of amides is 1. The van der Waals surface area contributed by atoms with Gasteiger partial charge in [0.25, 0.3) is 5.91 Å². The Kier molecular flexibility index (Phi) is 3.64. The zero-order valence-electron chi connectivity index (χ0n) is 10.3. The average Bonchev–Trinajstić information content (AvgIpc) is 2.62. The van der Waals surface area contributed by atoms with Crippen LogP contribution >= 0.6 is 0 Å². The van der Waals surface area contributed by atoms with Gasteiger partial charge in [0.15, 0.2) is 0 Å². The quantitative estimate of drug-likeness (QED) is 0.451. The van der Waals surface area contributed by atoms with E-state index >= 15 is 0 Å². The van der Waals surface area contributed by atoms with Crippen LogP contribution in [0.2, 0.25) is 0 Å². The van der Waals surface area contributed by atoms with Crippen LogP contribution in [0.3, 0.4) is 0 Å². The first kappa shape index (κ1) is 12.9. The van der Waals surface area contributed by atoms with Crippen LogP contribution in [0.25, 0.3) is 12.2 Å². The van der Waals surface area contributed by atoms with Crippen molar-refractivity contribution in [1.82, 2.24) is 10.0 Å². The SMILES string of the molecule is C=CCn1cc(C#N)c2c1=CC(C(=O)NO)=CCC=2. The lowest BCUT2D eigenvalue weighted by molar-refractivity contribution is -0.124. The number of nitrogens with zero attached hydrogens (tertiary/aromatic N) is 2. The third kappa shape index (κ3) is 2.34. The van der Waals surface area contributed by atoms with Crippen LogP contribution in [-0.4, -0.2) is 15.7 Å². The van der Waals surface area contributed by atoms with Gasteiger partial charge in [0.05, 0.1) is 10.9 Å². The Bertz CT molecular complexity index is 717. The molecule has 0 saturated heterocycles. The van der Waals surface area contributed by atoms with E-state index in [4.69, 9.17) is 10.5 Å². The first-order valence-electron chi connectivity index (χ1n) is 5.78. The smallest absolute Gasteiger partial charge is 0.274 e. The fourth-order valence-electron chi connectivity index (χ4n) is 2.07. The second-order valence-electron chi connectivity index (χ2n) is 4.08. The topological polar surface area (TPSA) is 78.0 Å². The van der Waals surface area contributed by atoms with Gasteiger partial charge in [-0.1, -0.05) is 18.2 Å². The minimum Gasteiger partial charge on any atom is -0.342 e. The number of allylic oxidation sites excluding steroid dienone is 2. The predicted molar refractivity (Wildman–Crippen MR) is 70.2 cm³/mol. The normalized spacial score (nSPS) is 12.9. The number of nitrogens with one attached hydrogen (secondary N) is 1. The molecule has 5 heteroatoms. The summed E-state index contributed by atoms with van der Waals surface area (Å²) in [5, 5.41) is 19.4. The molecule has 0 atom stereocenters. The lowest BCUT2D eigenvalue weighted by atomic mass is 10.2. The van der Waals surface area contributed by atoms with Gasteiger partial charge in [-0.05, 0) is 12.5 Å². The van der Waals surface area contributed by atoms with E-state index in [1.807, 2.05) is 10.6 Å². The molecule has 0 spiro atoms. The first-order chi connectivity index (χ1) is 9.21. The van der Waals surface area contributed by atoms with E-state index in [2.05, 4.69) is 12.6 Å². The summed E-state index contributed by atoms with van der Waals surface area (Å²) in [6.45, 7) is 4.22. The molecule has 0 unspecified atom stereocenters. The number of nitriles is 1. The number of fused-ring (bicyclic) bond motifs is 1. The number of rotatable bonds is 3. The van der Waals surface area contributed by atoms with E-state index < -0.39 is 5.91 Å². The molecule has 0 fully saturated rings. The summed E-state index contributed by atoms with van der Waals surface area (Å²) in [5.74, 6) is -0.564. The zero-order chi connectivity index (χ0) is 13.8. The van der Waals surface area contributed by atoms with E-state index in [9.17, 15) is 4.79 Å². The third-order valence-electron chi connectivity index (χ3n) is 2.92. The van der Waals surface area contributed by atoms with E-state index in [0.717, 1.165) is 10.6 Å². The molecule has 2 N–H and O–H groups in total.